The van der Waals surface area contributed by atoms with Crippen molar-refractivity contribution < 1.29 is 14.3 Å². The lowest BCUT2D eigenvalue weighted by Gasteiger charge is -2.19. The maximum Gasteiger partial charge on any atom is 0.262 e. The van der Waals surface area contributed by atoms with Gasteiger partial charge in [0.05, 0.1) is 28.8 Å². The van der Waals surface area contributed by atoms with Crippen LogP contribution in [-0.4, -0.2) is 28.2 Å². The van der Waals surface area contributed by atoms with Crippen molar-refractivity contribution in [3.8, 4) is 11.4 Å². The van der Waals surface area contributed by atoms with E-state index in [9.17, 15) is 9.59 Å². The van der Waals surface area contributed by atoms with Crippen LogP contribution >= 0.6 is 0 Å². The van der Waals surface area contributed by atoms with E-state index in [0.717, 1.165) is 0 Å². The standard InChI is InChI=1S/C12H11N5O3/c13-7-1-10-8(16-11(18)5-20-10)2-9(7)17-4-6(3-15-17)12(14)19/h1-4H,5,13H2,(H2,14,19)(H,16,18). The summed E-state index contributed by atoms with van der Waals surface area (Å²) in [5, 5.41) is 6.69. The predicted octanol–water partition coefficient (Wildman–Crippen LogP) is -0.116. The molecule has 0 unspecified atom stereocenters. The topological polar surface area (TPSA) is 125 Å². The third-order valence-corrected chi connectivity index (χ3v) is 2.88. The van der Waals surface area contributed by atoms with Gasteiger partial charge in [-0.25, -0.2) is 4.68 Å². The number of rotatable bonds is 2. The lowest BCUT2D eigenvalue weighted by atomic mass is 10.2. The number of benzene rings is 1. The molecule has 8 heteroatoms. The molecule has 5 N–H and O–H groups in total. The zero-order valence-corrected chi connectivity index (χ0v) is 10.3. The highest BCUT2D eigenvalue weighted by Gasteiger charge is 2.19. The van der Waals surface area contributed by atoms with Gasteiger partial charge in [0.2, 0.25) is 0 Å². The Bertz CT molecular complexity index is 722. The molecule has 2 amide bonds. The molecule has 0 radical (unpaired) electrons. The van der Waals surface area contributed by atoms with E-state index in [1.807, 2.05) is 0 Å². The second kappa shape index (κ2) is 4.26. The van der Waals surface area contributed by atoms with E-state index in [4.69, 9.17) is 16.2 Å². The van der Waals surface area contributed by atoms with E-state index in [2.05, 4.69) is 10.4 Å². The molecule has 8 nitrogen and oxygen atoms in total. The lowest BCUT2D eigenvalue weighted by molar-refractivity contribution is -0.118. The van der Waals surface area contributed by atoms with Crippen LogP contribution in [0.25, 0.3) is 5.69 Å². The molecule has 1 aliphatic rings. The van der Waals surface area contributed by atoms with Gasteiger partial charge in [-0.15, -0.1) is 0 Å². The van der Waals surface area contributed by atoms with Crippen LogP contribution in [0.15, 0.2) is 24.5 Å². The highest BCUT2D eigenvalue weighted by Crippen LogP contribution is 2.33. The number of nitrogen functional groups attached to an aromatic ring is 1. The minimum absolute atomic E-state index is 0.0423. The molecule has 0 atom stereocenters. The number of nitrogens with two attached hydrogens (primary N) is 2. The van der Waals surface area contributed by atoms with Crippen LogP contribution in [0, 0.1) is 0 Å². The summed E-state index contributed by atoms with van der Waals surface area (Å²) < 4.78 is 6.67. The van der Waals surface area contributed by atoms with Crippen molar-refractivity contribution >= 4 is 23.2 Å². The third kappa shape index (κ3) is 1.92. The van der Waals surface area contributed by atoms with Gasteiger partial charge in [-0.1, -0.05) is 0 Å². The van der Waals surface area contributed by atoms with Gasteiger partial charge in [0.25, 0.3) is 11.8 Å². The van der Waals surface area contributed by atoms with Gasteiger partial charge in [0.15, 0.2) is 6.61 Å². The summed E-state index contributed by atoms with van der Waals surface area (Å²) in [6, 6.07) is 3.22. The van der Waals surface area contributed by atoms with E-state index in [0.29, 0.717) is 22.8 Å². The number of hydrogen-bond acceptors (Lipinski definition) is 5. The summed E-state index contributed by atoms with van der Waals surface area (Å²) in [5.74, 6) is -0.330. The van der Waals surface area contributed by atoms with Crippen LogP contribution < -0.4 is 21.5 Å². The largest absolute Gasteiger partial charge is 0.482 e. The molecule has 0 bridgehead atoms. The van der Waals surface area contributed by atoms with E-state index < -0.39 is 5.91 Å². The Hall–Kier alpha value is -3.03. The summed E-state index contributed by atoms with van der Waals surface area (Å²) >= 11 is 0. The third-order valence-electron chi connectivity index (χ3n) is 2.88. The van der Waals surface area contributed by atoms with Crippen molar-refractivity contribution in [2.45, 2.75) is 0 Å². The molecule has 0 saturated heterocycles. The SMILES string of the molecule is NC(=O)c1cnn(-c2cc3c(cc2N)OCC(=O)N3)c1. The molecule has 0 fully saturated rings. The molecule has 2 aromatic rings. The number of aromatic nitrogens is 2. The summed E-state index contributed by atoms with van der Waals surface area (Å²) in [7, 11) is 0. The number of anilines is 2. The highest BCUT2D eigenvalue weighted by atomic mass is 16.5. The Morgan fingerprint density at radius 2 is 2.25 bits per heavy atom. The van der Waals surface area contributed by atoms with Crippen molar-refractivity contribution in [3.05, 3.63) is 30.1 Å². The first-order valence-electron chi connectivity index (χ1n) is 5.75. The first kappa shape index (κ1) is 12.0. The molecule has 0 aliphatic carbocycles. The van der Waals surface area contributed by atoms with E-state index in [-0.39, 0.29) is 18.1 Å². The number of ether oxygens (including phenoxy) is 1. The zero-order valence-electron chi connectivity index (χ0n) is 10.3. The van der Waals surface area contributed by atoms with Gasteiger partial charge in [-0.05, 0) is 6.07 Å². The molecular formula is C12H11N5O3. The van der Waals surface area contributed by atoms with Crippen LogP contribution in [0.2, 0.25) is 0 Å². The number of carbonyl (C=O) groups is 2. The first-order valence-corrected chi connectivity index (χ1v) is 5.75. The Kier molecular flexibility index (Phi) is 2.56. The van der Waals surface area contributed by atoms with Crippen LogP contribution in [0.3, 0.4) is 0 Å². The van der Waals surface area contributed by atoms with Crippen molar-refractivity contribution in [1.82, 2.24) is 9.78 Å². The molecule has 1 aromatic carbocycles. The number of primary amides is 1. The van der Waals surface area contributed by atoms with E-state index >= 15 is 0 Å². The van der Waals surface area contributed by atoms with Gasteiger partial charge >= 0.3 is 0 Å². The Balaban J connectivity index is 2.06. The fourth-order valence-electron chi connectivity index (χ4n) is 1.91. The molecule has 20 heavy (non-hydrogen) atoms. The zero-order chi connectivity index (χ0) is 14.3. The quantitative estimate of drug-likeness (QED) is 0.658. The predicted molar refractivity (Wildman–Crippen MR) is 70.6 cm³/mol. The monoisotopic (exact) mass is 273 g/mol. The van der Waals surface area contributed by atoms with Crippen LogP contribution in [0.4, 0.5) is 11.4 Å². The number of nitrogens with zero attached hydrogens (tertiary/aromatic N) is 2. The van der Waals surface area contributed by atoms with Crippen LogP contribution in [0.5, 0.6) is 5.75 Å². The van der Waals surface area contributed by atoms with Crippen molar-refractivity contribution in [1.29, 1.82) is 0 Å². The van der Waals surface area contributed by atoms with Crippen molar-refractivity contribution in [2.24, 2.45) is 5.73 Å². The Morgan fingerprint density at radius 3 is 2.95 bits per heavy atom. The second-order valence-corrected chi connectivity index (χ2v) is 4.28. The Labute approximate surface area is 113 Å². The summed E-state index contributed by atoms with van der Waals surface area (Å²) in [6.07, 6.45) is 2.81. The fraction of sp³-hybridized carbons (Fsp3) is 0.0833. The van der Waals surface area contributed by atoms with E-state index in [1.165, 1.54) is 17.1 Å². The normalized spacial score (nSPS) is 13.3. The summed E-state index contributed by atoms with van der Waals surface area (Å²) in [4.78, 5) is 22.4. The summed E-state index contributed by atoms with van der Waals surface area (Å²) in [5.41, 5.74) is 12.8. The smallest absolute Gasteiger partial charge is 0.262 e. The fourth-order valence-corrected chi connectivity index (χ4v) is 1.91. The first-order chi connectivity index (χ1) is 9.54. The summed E-state index contributed by atoms with van der Waals surface area (Å²) in [6.45, 7) is -0.0423. The number of nitrogens with one attached hydrogen (secondary N) is 1. The van der Waals surface area contributed by atoms with Crippen molar-refractivity contribution in [3.63, 3.8) is 0 Å². The maximum atomic E-state index is 11.3. The lowest BCUT2D eigenvalue weighted by Crippen LogP contribution is -2.25. The molecule has 1 aromatic heterocycles. The van der Waals surface area contributed by atoms with Crippen LogP contribution in [0.1, 0.15) is 10.4 Å². The average molecular weight is 273 g/mol. The maximum absolute atomic E-state index is 11.3. The average Bonchev–Trinajstić information content (AvgIpc) is 2.88. The van der Waals surface area contributed by atoms with Crippen molar-refractivity contribution in [2.75, 3.05) is 17.7 Å². The number of fused-ring (bicyclic) bond motifs is 1. The molecular weight excluding hydrogens is 262 g/mol. The molecule has 0 spiro atoms. The molecule has 0 saturated carbocycles. The van der Waals surface area contributed by atoms with E-state index in [1.54, 1.807) is 12.1 Å². The molecule has 102 valence electrons. The molecule has 2 heterocycles. The molecule has 3 rings (SSSR count). The van der Waals surface area contributed by atoms with Gasteiger partial charge < -0.3 is 21.5 Å². The van der Waals surface area contributed by atoms with Gasteiger partial charge in [0, 0.05) is 12.3 Å². The molecule has 1 aliphatic heterocycles. The highest BCUT2D eigenvalue weighted by molar-refractivity contribution is 5.96. The Morgan fingerprint density at radius 1 is 1.45 bits per heavy atom. The number of carbonyl (C=O) groups excluding carboxylic acids is 2. The van der Waals surface area contributed by atoms with Gasteiger partial charge in [0.1, 0.15) is 5.75 Å². The minimum Gasteiger partial charge on any atom is -0.482 e. The van der Waals surface area contributed by atoms with Crippen LogP contribution in [-0.2, 0) is 4.79 Å². The minimum atomic E-state index is -0.579. The number of hydrogen-bond donors (Lipinski definition) is 3. The van der Waals surface area contributed by atoms with Gasteiger partial charge in [-0.3, -0.25) is 9.59 Å². The number of amides is 2. The second-order valence-electron chi connectivity index (χ2n) is 4.28. The van der Waals surface area contributed by atoms with Gasteiger partial charge in [-0.2, -0.15) is 5.10 Å².